The van der Waals surface area contributed by atoms with Gasteiger partial charge < -0.3 is 15.7 Å². The molecule has 61 heavy (non-hydrogen) atoms. The SMILES string of the molecule is CC1CCC2(C(=O)NCCCCCCCCNc3cccc4c3C(=O)N(C3CCC(=O)NC3=O)C4=O)CCC3(C)C(=CCC4C5(C)CCC(O)C(C)(C)C5CCC43C)C2C1C. The Hall–Kier alpha value is -3.53. The van der Waals surface area contributed by atoms with Crippen LogP contribution >= 0.6 is 0 Å². The van der Waals surface area contributed by atoms with Crippen LogP contribution in [0.2, 0.25) is 0 Å². The van der Waals surface area contributed by atoms with E-state index in [1.807, 2.05) is 0 Å². The van der Waals surface area contributed by atoms with Gasteiger partial charge in [-0.3, -0.25) is 34.2 Å². The molecule has 2 aliphatic heterocycles. The summed E-state index contributed by atoms with van der Waals surface area (Å²) in [5.74, 6) is 0.788. The third kappa shape index (κ3) is 6.93. The first-order valence-corrected chi connectivity index (χ1v) is 24.2. The van der Waals surface area contributed by atoms with Gasteiger partial charge in [0.05, 0.1) is 22.6 Å². The molecule has 0 aromatic heterocycles. The van der Waals surface area contributed by atoms with E-state index in [4.69, 9.17) is 0 Å². The maximum Gasteiger partial charge on any atom is 0.264 e. The van der Waals surface area contributed by atoms with Crippen molar-refractivity contribution < 1.29 is 29.1 Å². The lowest BCUT2D eigenvalue weighted by atomic mass is 9.33. The number of unbranched alkanes of at least 4 members (excludes halogenated alkanes) is 5. The molecule has 4 saturated carbocycles. The zero-order valence-corrected chi connectivity index (χ0v) is 38.2. The van der Waals surface area contributed by atoms with E-state index in [2.05, 4.69) is 70.5 Å². The van der Waals surface area contributed by atoms with Gasteiger partial charge >= 0.3 is 0 Å². The number of imide groups is 2. The summed E-state index contributed by atoms with van der Waals surface area (Å²) in [4.78, 5) is 66.3. The van der Waals surface area contributed by atoms with Gasteiger partial charge in [-0.05, 0) is 140 Å². The van der Waals surface area contributed by atoms with Crippen LogP contribution in [0.5, 0.6) is 0 Å². The van der Waals surface area contributed by atoms with E-state index < -0.39 is 23.8 Å². The zero-order chi connectivity index (χ0) is 43.7. The molecule has 5 fully saturated rings. The van der Waals surface area contributed by atoms with E-state index in [0.717, 1.165) is 94.9 Å². The molecule has 4 N–H and O–H groups in total. The lowest BCUT2D eigenvalue weighted by molar-refractivity contribution is -0.204. The number of nitrogens with zero attached hydrogens (tertiary/aromatic N) is 1. The van der Waals surface area contributed by atoms with E-state index in [0.29, 0.717) is 47.4 Å². The van der Waals surface area contributed by atoms with Crippen molar-refractivity contribution in [1.82, 2.24) is 15.5 Å². The highest BCUT2D eigenvalue weighted by Gasteiger charge is 2.69. The first-order valence-electron chi connectivity index (χ1n) is 24.2. The number of aliphatic hydroxyl groups excluding tert-OH is 1. The molecule has 1 saturated heterocycles. The monoisotopic (exact) mass is 839 g/mol. The van der Waals surface area contributed by atoms with Gasteiger partial charge in [0, 0.05) is 25.2 Å². The van der Waals surface area contributed by atoms with Crippen molar-refractivity contribution in [2.24, 2.45) is 56.7 Å². The molecular weight excluding hydrogens is 765 g/mol. The van der Waals surface area contributed by atoms with Crippen LogP contribution in [0.15, 0.2) is 29.8 Å². The van der Waals surface area contributed by atoms with Crippen molar-refractivity contribution in [1.29, 1.82) is 0 Å². The molecule has 11 unspecified atom stereocenters. The number of benzene rings is 1. The number of nitrogens with one attached hydrogen (secondary N) is 3. The van der Waals surface area contributed by atoms with Gasteiger partial charge in [0.15, 0.2) is 0 Å². The maximum absolute atomic E-state index is 14.6. The van der Waals surface area contributed by atoms with Crippen LogP contribution in [0.4, 0.5) is 5.69 Å². The highest BCUT2D eigenvalue weighted by Crippen LogP contribution is 2.75. The fourth-order valence-electron chi connectivity index (χ4n) is 15.1. The predicted molar refractivity (Wildman–Crippen MR) is 237 cm³/mol. The fourth-order valence-corrected chi connectivity index (χ4v) is 15.1. The number of rotatable bonds is 12. The molecule has 1 aromatic carbocycles. The Labute approximate surface area is 364 Å². The molecule has 10 heteroatoms. The molecule has 5 amide bonds. The maximum atomic E-state index is 14.6. The summed E-state index contributed by atoms with van der Waals surface area (Å²) in [5, 5.41) is 20.2. The number of hydrogen-bond acceptors (Lipinski definition) is 7. The number of allylic oxidation sites excluding steroid dienone is 2. The molecule has 0 spiro atoms. The van der Waals surface area contributed by atoms with E-state index in [1.54, 1.807) is 23.8 Å². The average Bonchev–Trinajstić information content (AvgIpc) is 3.47. The molecule has 5 aliphatic carbocycles. The van der Waals surface area contributed by atoms with Crippen molar-refractivity contribution in [3.05, 3.63) is 41.0 Å². The van der Waals surface area contributed by atoms with Crippen LogP contribution in [0.3, 0.4) is 0 Å². The number of amides is 5. The van der Waals surface area contributed by atoms with Crippen LogP contribution in [0.25, 0.3) is 0 Å². The van der Waals surface area contributed by atoms with Crippen molar-refractivity contribution in [3.8, 4) is 0 Å². The highest BCUT2D eigenvalue weighted by molar-refractivity contribution is 6.25. The van der Waals surface area contributed by atoms with E-state index >= 15 is 0 Å². The van der Waals surface area contributed by atoms with Crippen molar-refractivity contribution >= 4 is 35.2 Å². The van der Waals surface area contributed by atoms with Crippen LogP contribution in [-0.2, 0) is 14.4 Å². The number of carbonyl (C=O) groups is 5. The number of carbonyl (C=O) groups excluding carboxylic acids is 5. The van der Waals surface area contributed by atoms with Gasteiger partial charge in [0.1, 0.15) is 6.04 Å². The van der Waals surface area contributed by atoms with Gasteiger partial charge in [-0.1, -0.05) is 91.9 Å². The van der Waals surface area contributed by atoms with Crippen LogP contribution in [0.1, 0.15) is 178 Å². The number of piperidine rings is 1. The van der Waals surface area contributed by atoms with Gasteiger partial charge in [-0.15, -0.1) is 0 Å². The molecule has 2 heterocycles. The molecule has 334 valence electrons. The molecule has 7 aliphatic rings. The Balaban J connectivity index is 0.824. The smallest absolute Gasteiger partial charge is 0.264 e. The van der Waals surface area contributed by atoms with Gasteiger partial charge in [0.25, 0.3) is 11.8 Å². The quantitative estimate of drug-likeness (QED) is 0.0935. The third-order valence-corrected chi connectivity index (χ3v) is 19.1. The number of hydrogen-bond donors (Lipinski definition) is 4. The first kappa shape index (κ1) is 44.1. The second-order valence-electron chi connectivity index (χ2n) is 22.2. The van der Waals surface area contributed by atoms with E-state index in [9.17, 15) is 29.1 Å². The minimum Gasteiger partial charge on any atom is -0.393 e. The molecule has 0 radical (unpaired) electrons. The average molecular weight is 839 g/mol. The van der Waals surface area contributed by atoms with Crippen LogP contribution < -0.4 is 16.0 Å². The van der Waals surface area contributed by atoms with Gasteiger partial charge in [-0.25, -0.2) is 0 Å². The summed E-state index contributed by atoms with van der Waals surface area (Å²) in [6.45, 7) is 18.7. The first-order chi connectivity index (χ1) is 28.9. The van der Waals surface area contributed by atoms with Crippen LogP contribution in [-0.4, -0.2) is 64.8 Å². The molecular formula is C51H74N4O6. The Kier molecular flexibility index (Phi) is 11.7. The number of fused-ring (bicyclic) bond motifs is 8. The zero-order valence-electron chi connectivity index (χ0n) is 38.2. The summed E-state index contributed by atoms with van der Waals surface area (Å²) in [6.07, 6.45) is 18.5. The Morgan fingerprint density at radius 3 is 2.28 bits per heavy atom. The van der Waals surface area contributed by atoms with Crippen molar-refractivity contribution in [3.63, 3.8) is 0 Å². The summed E-state index contributed by atoms with van der Waals surface area (Å²) < 4.78 is 0. The fraction of sp³-hybridized carbons (Fsp3) is 0.745. The summed E-state index contributed by atoms with van der Waals surface area (Å²) >= 11 is 0. The summed E-state index contributed by atoms with van der Waals surface area (Å²) in [7, 11) is 0. The minimum absolute atomic E-state index is 0.0606. The van der Waals surface area contributed by atoms with E-state index in [1.165, 1.54) is 12.8 Å². The topological polar surface area (TPSA) is 145 Å². The number of anilines is 1. The molecule has 11 atom stereocenters. The molecule has 0 bridgehead atoms. The van der Waals surface area contributed by atoms with Gasteiger partial charge in [-0.2, -0.15) is 0 Å². The summed E-state index contributed by atoms with van der Waals surface area (Å²) in [5.41, 5.74) is 2.88. The highest BCUT2D eigenvalue weighted by atomic mass is 16.3. The minimum atomic E-state index is -0.978. The van der Waals surface area contributed by atoms with Crippen molar-refractivity contribution in [2.45, 2.75) is 170 Å². The van der Waals surface area contributed by atoms with Crippen LogP contribution in [0, 0.1) is 56.7 Å². The lowest BCUT2D eigenvalue weighted by Crippen LogP contribution is -2.66. The van der Waals surface area contributed by atoms with Gasteiger partial charge in [0.2, 0.25) is 17.7 Å². The lowest BCUT2D eigenvalue weighted by Gasteiger charge is -2.71. The normalized spacial score (nSPS) is 38.9. The second-order valence-corrected chi connectivity index (χ2v) is 22.2. The predicted octanol–water partition coefficient (Wildman–Crippen LogP) is 8.98. The standard InChI is InChI=1S/C51H74N4O6/c1-31-21-26-51(28-27-49(6)34(42(51)32(31)2)17-19-38-48(5)24-23-39(56)47(3,4)37(48)22-25-50(38,49)7)46(61)53-30-13-11-9-8-10-12-29-52-35-16-14-15-33-41(35)45(60)55(44(33)59)36-18-20-40(57)54-43(36)58/h14-17,31-32,36-39,42,52,56H,8-13,18-30H2,1-7H3,(H,53,61)(H,54,57,58). The third-order valence-electron chi connectivity index (χ3n) is 19.1. The number of aliphatic hydroxyl groups is 1. The molecule has 1 aromatic rings. The van der Waals surface area contributed by atoms with Crippen molar-refractivity contribution in [2.75, 3.05) is 18.4 Å². The second kappa shape index (κ2) is 16.2. The molecule has 10 nitrogen and oxygen atoms in total. The summed E-state index contributed by atoms with van der Waals surface area (Å²) in [6, 6.07) is 4.18. The Morgan fingerprint density at radius 2 is 1.54 bits per heavy atom. The van der Waals surface area contributed by atoms with E-state index in [-0.39, 0.29) is 63.4 Å². The Morgan fingerprint density at radius 1 is 0.820 bits per heavy atom. The molecule has 8 rings (SSSR count). The largest absolute Gasteiger partial charge is 0.393 e. The Bertz CT molecular complexity index is 1980.